The quantitative estimate of drug-likeness (QED) is 0.336. The summed E-state index contributed by atoms with van der Waals surface area (Å²) in [5.41, 5.74) is 2.80. The number of nitro groups is 1. The summed E-state index contributed by atoms with van der Waals surface area (Å²) in [6.45, 7) is 0. The lowest BCUT2D eigenvalue weighted by Gasteiger charge is -2.27. The molecule has 0 saturated carbocycles. The van der Waals surface area contributed by atoms with Gasteiger partial charge in [0.2, 0.25) is 0 Å². The summed E-state index contributed by atoms with van der Waals surface area (Å²) in [6.07, 6.45) is 0. The van der Waals surface area contributed by atoms with E-state index < -0.39 is 4.92 Å². The van der Waals surface area contributed by atoms with Crippen molar-refractivity contribution >= 4 is 28.8 Å². The van der Waals surface area contributed by atoms with Gasteiger partial charge in [-0.25, -0.2) is 0 Å². The molecule has 0 aliphatic carbocycles. The highest BCUT2D eigenvalue weighted by Gasteiger charge is 2.21. The summed E-state index contributed by atoms with van der Waals surface area (Å²) in [6, 6.07) is 25.5. The van der Waals surface area contributed by atoms with Crippen molar-refractivity contribution in [2.75, 3.05) is 4.90 Å². The number of non-ortho nitro benzene ring substituents is 1. The highest BCUT2D eigenvalue weighted by molar-refractivity contribution is 7.99. The van der Waals surface area contributed by atoms with Gasteiger partial charge in [0, 0.05) is 39.5 Å². The Balaban J connectivity index is 1.64. The van der Waals surface area contributed by atoms with E-state index in [9.17, 15) is 10.1 Å². The molecular formula is C22H12N2O2S. The van der Waals surface area contributed by atoms with Crippen LogP contribution < -0.4 is 4.90 Å². The molecule has 0 radical (unpaired) electrons. The first-order chi connectivity index (χ1) is 13.2. The van der Waals surface area contributed by atoms with Crippen molar-refractivity contribution in [3.63, 3.8) is 0 Å². The van der Waals surface area contributed by atoms with Crippen LogP contribution in [-0.4, -0.2) is 4.92 Å². The number of hydrogen-bond donors (Lipinski definition) is 0. The van der Waals surface area contributed by atoms with Gasteiger partial charge in [-0.2, -0.15) is 0 Å². The van der Waals surface area contributed by atoms with Crippen LogP contribution in [0.3, 0.4) is 0 Å². The molecule has 0 fully saturated rings. The molecule has 0 spiro atoms. The van der Waals surface area contributed by atoms with Crippen LogP contribution in [-0.2, 0) is 0 Å². The van der Waals surface area contributed by atoms with Crippen molar-refractivity contribution in [1.82, 2.24) is 0 Å². The Kier molecular flexibility index (Phi) is 4.53. The Morgan fingerprint density at radius 2 is 1.41 bits per heavy atom. The molecular weight excluding hydrogens is 356 g/mol. The summed E-state index contributed by atoms with van der Waals surface area (Å²) < 4.78 is 0. The highest BCUT2D eigenvalue weighted by Crippen LogP contribution is 2.47. The van der Waals surface area contributed by atoms with Gasteiger partial charge in [-0.05, 0) is 42.3 Å². The fourth-order valence-corrected chi connectivity index (χ4v) is 3.74. The monoisotopic (exact) mass is 368 g/mol. The fourth-order valence-electron chi connectivity index (χ4n) is 2.68. The Morgan fingerprint density at radius 1 is 0.815 bits per heavy atom. The molecule has 0 amide bonds. The predicted octanol–water partition coefficient (Wildman–Crippen LogP) is 5.21. The zero-order valence-corrected chi connectivity index (χ0v) is 14.9. The van der Waals surface area contributed by atoms with Crippen molar-refractivity contribution in [3.05, 3.63) is 88.5 Å². The number of nitrogens with zero attached hydrogens (tertiary/aromatic N) is 2. The van der Waals surface area contributed by atoms with Gasteiger partial charge in [-0.15, -0.1) is 0 Å². The van der Waals surface area contributed by atoms with Gasteiger partial charge in [0.1, 0.15) is 0 Å². The van der Waals surface area contributed by atoms with Crippen LogP contribution in [0, 0.1) is 33.9 Å². The normalized spacial score (nSPS) is 11.2. The average Bonchev–Trinajstić information content (AvgIpc) is 2.70. The molecule has 5 heteroatoms. The Morgan fingerprint density at radius 3 is 2.00 bits per heavy atom. The number of para-hydroxylation sites is 2. The maximum Gasteiger partial charge on any atom is 0.269 e. The summed E-state index contributed by atoms with van der Waals surface area (Å²) >= 11 is 1.73. The second kappa shape index (κ2) is 7.29. The summed E-state index contributed by atoms with van der Waals surface area (Å²) in [5.74, 6) is 8.64. The van der Waals surface area contributed by atoms with E-state index in [0.717, 1.165) is 21.2 Å². The second-order valence-corrected chi connectivity index (χ2v) is 6.75. The molecule has 4 rings (SSSR count). The lowest BCUT2D eigenvalue weighted by atomic mass is 10.2. The van der Waals surface area contributed by atoms with Crippen molar-refractivity contribution in [1.29, 1.82) is 0 Å². The minimum atomic E-state index is -0.430. The number of anilines is 2. The van der Waals surface area contributed by atoms with Crippen molar-refractivity contribution in [2.45, 2.75) is 9.79 Å². The van der Waals surface area contributed by atoms with Gasteiger partial charge in [0.05, 0.1) is 16.3 Å². The van der Waals surface area contributed by atoms with Crippen LogP contribution in [0.2, 0.25) is 0 Å². The molecule has 0 bridgehead atoms. The van der Waals surface area contributed by atoms with E-state index in [-0.39, 0.29) is 5.69 Å². The summed E-state index contributed by atoms with van der Waals surface area (Å²) in [5, 5.41) is 10.7. The third kappa shape index (κ3) is 3.50. The van der Waals surface area contributed by atoms with Crippen LogP contribution in [0.15, 0.2) is 82.6 Å². The largest absolute Gasteiger partial charge is 0.269 e. The molecule has 1 heterocycles. The lowest BCUT2D eigenvalue weighted by molar-refractivity contribution is -0.384. The van der Waals surface area contributed by atoms with Gasteiger partial charge < -0.3 is 0 Å². The molecule has 0 saturated heterocycles. The van der Waals surface area contributed by atoms with E-state index in [2.05, 4.69) is 35.9 Å². The first kappa shape index (κ1) is 16.8. The number of benzene rings is 3. The minimum absolute atomic E-state index is 0.0469. The van der Waals surface area contributed by atoms with Gasteiger partial charge in [-0.1, -0.05) is 41.9 Å². The molecule has 0 aromatic heterocycles. The molecule has 27 heavy (non-hydrogen) atoms. The van der Waals surface area contributed by atoms with E-state index in [1.165, 1.54) is 12.1 Å². The second-order valence-electron chi connectivity index (χ2n) is 5.66. The van der Waals surface area contributed by atoms with Crippen LogP contribution in [0.5, 0.6) is 0 Å². The molecule has 128 valence electrons. The Labute approximate surface area is 161 Å². The van der Waals surface area contributed by atoms with E-state index in [0.29, 0.717) is 5.56 Å². The average molecular weight is 368 g/mol. The molecule has 4 nitrogen and oxygen atoms in total. The van der Waals surface area contributed by atoms with Crippen molar-refractivity contribution in [2.24, 2.45) is 0 Å². The molecule has 1 aliphatic heterocycles. The first-order valence-electron chi connectivity index (χ1n) is 8.14. The highest BCUT2D eigenvalue weighted by atomic mass is 32.2. The van der Waals surface area contributed by atoms with Crippen LogP contribution in [0.1, 0.15) is 5.56 Å². The third-order valence-electron chi connectivity index (χ3n) is 3.95. The molecule has 0 unspecified atom stereocenters. The Bertz CT molecular complexity index is 1100. The summed E-state index contributed by atoms with van der Waals surface area (Å²) in [7, 11) is 0. The fraction of sp³-hybridized carbons (Fsp3) is 0. The van der Waals surface area contributed by atoms with E-state index >= 15 is 0 Å². The minimum Gasteiger partial charge on any atom is -0.267 e. The number of rotatable bonds is 1. The molecule has 0 atom stereocenters. The van der Waals surface area contributed by atoms with E-state index in [1.807, 2.05) is 41.3 Å². The SMILES string of the molecule is O=[N+]([O-])c1ccc(C#CC#CN2c3ccccc3Sc3ccccc32)cc1. The Hall–Kier alpha value is -3.67. The standard InChI is InChI=1S/C22H12N2O2S/c25-24(26)18-14-12-17(13-15-18)7-5-6-16-23-19-8-1-3-10-21(19)27-22-11-4-2-9-20(22)23/h1-4,8-15H. The lowest BCUT2D eigenvalue weighted by Crippen LogP contribution is -2.14. The first-order valence-corrected chi connectivity index (χ1v) is 8.96. The zero-order chi connectivity index (χ0) is 18.6. The molecule has 3 aromatic rings. The maximum atomic E-state index is 10.7. The molecule has 0 N–H and O–H groups in total. The van der Waals surface area contributed by atoms with Gasteiger partial charge in [-0.3, -0.25) is 15.0 Å². The number of hydrogen-bond acceptors (Lipinski definition) is 4. The van der Waals surface area contributed by atoms with E-state index in [4.69, 9.17) is 0 Å². The van der Waals surface area contributed by atoms with Gasteiger partial charge >= 0.3 is 0 Å². The zero-order valence-electron chi connectivity index (χ0n) is 14.0. The molecule has 3 aromatic carbocycles. The van der Waals surface area contributed by atoms with Gasteiger partial charge in [0.25, 0.3) is 5.69 Å². The topological polar surface area (TPSA) is 46.4 Å². The van der Waals surface area contributed by atoms with E-state index in [1.54, 1.807) is 23.9 Å². The smallest absolute Gasteiger partial charge is 0.267 e. The van der Waals surface area contributed by atoms with Gasteiger partial charge in [0.15, 0.2) is 0 Å². The maximum absolute atomic E-state index is 10.7. The van der Waals surface area contributed by atoms with Crippen molar-refractivity contribution < 1.29 is 4.92 Å². The van der Waals surface area contributed by atoms with Crippen LogP contribution in [0.25, 0.3) is 0 Å². The van der Waals surface area contributed by atoms with Crippen molar-refractivity contribution in [3.8, 4) is 23.8 Å². The summed E-state index contributed by atoms with van der Waals surface area (Å²) in [4.78, 5) is 14.5. The predicted molar refractivity (Wildman–Crippen MR) is 107 cm³/mol. The van der Waals surface area contributed by atoms with Crippen LogP contribution >= 0.6 is 11.8 Å². The third-order valence-corrected chi connectivity index (χ3v) is 5.08. The molecule has 1 aliphatic rings. The van der Waals surface area contributed by atoms with Crippen LogP contribution in [0.4, 0.5) is 17.1 Å². The number of fused-ring (bicyclic) bond motifs is 2. The number of nitro benzene ring substituents is 1.